The largest absolute Gasteiger partial charge is 0.465 e. The van der Waals surface area contributed by atoms with Crippen LogP contribution in [-0.4, -0.2) is 33.4 Å². The van der Waals surface area contributed by atoms with Crippen molar-refractivity contribution >= 4 is 56.5 Å². The third kappa shape index (κ3) is 5.15. The second-order valence-corrected chi connectivity index (χ2v) is 8.24. The van der Waals surface area contributed by atoms with Crippen molar-refractivity contribution in [1.29, 1.82) is 0 Å². The Morgan fingerprint density at radius 2 is 1.75 bits per heavy atom. The molecule has 10 heteroatoms. The van der Waals surface area contributed by atoms with Gasteiger partial charge in [-0.1, -0.05) is 29.3 Å². The Bertz CT molecular complexity index is 978. The summed E-state index contributed by atoms with van der Waals surface area (Å²) in [5, 5.41) is 2.69. The quantitative estimate of drug-likeness (QED) is 0.656. The minimum Gasteiger partial charge on any atom is -0.465 e. The Kier molecular flexibility index (Phi) is 7.29. The lowest BCUT2D eigenvalue weighted by atomic mass is 10.3. The highest BCUT2D eigenvalue weighted by Gasteiger charge is 2.29. The number of sulfonamides is 1. The van der Waals surface area contributed by atoms with Crippen molar-refractivity contribution in [3.8, 4) is 0 Å². The van der Waals surface area contributed by atoms with Gasteiger partial charge in [-0.25, -0.2) is 8.42 Å². The van der Waals surface area contributed by atoms with E-state index in [2.05, 4.69) is 5.32 Å². The first kappa shape index (κ1) is 22.0. The van der Waals surface area contributed by atoms with Crippen LogP contribution < -0.4 is 9.62 Å². The highest BCUT2D eigenvalue weighted by Crippen LogP contribution is 2.35. The molecule has 0 atom stereocenters. The summed E-state index contributed by atoms with van der Waals surface area (Å²) < 4.78 is 32.1. The van der Waals surface area contributed by atoms with Crippen molar-refractivity contribution in [2.75, 3.05) is 22.8 Å². The molecule has 28 heavy (non-hydrogen) atoms. The normalized spacial score (nSPS) is 11.0. The predicted molar refractivity (Wildman–Crippen MR) is 108 cm³/mol. The summed E-state index contributed by atoms with van der Waals surface area (Å²) in [7, 11) is -4.18. The number of ether oxygens (including phenoxy) is 1. The fraction of sp³-hybridized carbons (Fsp3) is 0.222. The van der Waals surface area contributed by atoms with Crippen LogP contribution in [0.1, 0.15) is 13.8 Å². The topological polar surface area (TPSA) is 92.8 Å². The van der Waals surface area contributed by atoms with Gasteiger partial charge in [0.25, 0.3) is 10.0 Å². The Hall–Kier alpha value is -2.29. The molecule has 2 rings (SSSR count). The Morgan fingerprint density at radius 1 is 1.11 bits per heavy atom. The Balaban J connectivity index is 2.50. The molecule has 0 fully saturated rings. The second-order valence-electron chi connectivity index (χ2n) is 5.60. The molecular formula is C18H18Cl2N2O5S. The van der Waals surface area contributed by atoms with E-state index in [-0.39, 0.29) is 33.1 Å². The summed E-state index contributed by atoms with van der Waals surface area (Å²) in [5.74, 6) is -1.03. The summed E-state index contributed by atoms with van der Waals surface area (Å²) in [5.41, 5.74) is 0.484. The molecule has 1 amide bonds. The van der Waals surface area contributed by atoms with E-state index >= 15 is 0 Å². The van der Waals surface area contributed by atoms with Crippen LogP contribution in [0.5, 0.6) is 0 Å². The molecule has 150 valence electrons. The van der Waals surface area contributed by atoms with Gasteiger partial charge in [-0.3, -0.25) is 13.9 Å². The first-order valence-electron chi connectivity index (χ1n) is 8.16. The van der Waals surface area contributed by atoms with Crippen molar-refractivity contribution < 1.29 is 22.7 Å². The molecule has 0 spiro atoms. The maximum Gasteiger partial charge on any atom is 0.326 e. The predicted octanol–water partition coefficient (Wildman–Crippen LogP) is 3.71. The number of nitrogens with zero attached hydrogens (tertiary/aromatic N) is 1. The van der Waals surface area contributed by atoms with Crippen LogP contribution in [0.25, 0.3) is 0 Å². The van der Waals surface area contributed by atoms with E-state index in [9.17, 15) is 18.0 Å². The Morgan fingerprint density at radius 3 is 2.32 bits per heavy atom. The van der Waals surface area contributed by atoms with E-state index in [0.29, 0.717) is 5.69 Å². The van der Waals surface area contributed by atoms with E-state index in [0.717, 1.165) is 4.31 Å². The lowest BCUT2D eigenvalue weighted by molar-refractivity contribution is -0.141. The Labute approximate surface area is 173 Å². The molecule has 1 N–H and O–H groups in total. The number of carbonyl (C=O) groups excluding carboxylic acids is 2. The maximum atomic E-state index is 13.2. The van der Waals surface area contributed by atoms with Gasteiger partial charge in [0.2, 0.25) is 5.91 Å². The number of anilines is 2. The zero-order valence-corrected chi connectivity index (χ0v) is 17.4. The number of hydrogen-bond donors (Lipinski definition) is 1. The summed E-state index contributed by atoms with van der Waals surface area (Å²) in [4.78, 5) is 23.1. The molecular weight excluding hydrogens is 427 g/mol. The van der Waals surface area contributed by atoms with Gasteiger partial charge in [-0.15, -0.1) is 0 Å². The number of rotatable bonds is 7. The van der Waals surface area contributed by atoms with E-state index in [4.69, 9.17) is 27.9 Å². The van der Waals surface area contributed by atoms with Crippen molar-refractivity contribution in [2.24, 2.45) is 0 Å². The van der Waals surface area contributed by atoms with Crippen molar-refractivity contribution in [3.05, 3.63) is 52.5 Å². The lowest BCUT2D eigenvalue weighted by Gasteiger charge is -2.25. The number of halogens is 2. The van der Waals surface area contributed by atoms with Crippen LogP contribution in [0.2, 0.25) is 10.0 Å². The van der Waals surface area contributed by atoms with Crippen LogP contribution in [0.4, 0.5) is 11.4 Å². The fourth-order valence-corrected chi connectivity index (χ4v) is 4.22. The van der Waals surface area contributed by atoms with Crippen LogP contribution in [0.3, 0.4) is 0 Å². The highest BCUT2D eigenvalue weighted by atomic mass is 35.5. The van der Waals surface area contributed by atoms with Crippen LogP contribution in [-0.2, 0) is 24.3 Å². The molecule has 0 radical (unpaired) electrons. The third-order valence-electron chi connectivity index (χ3n) is 3.54. The van der Waals surface area contributed by atoms with Crippen molar-refractivity contribution in [3.63, 3.8) is 0 Å². The molecule has 0 heterocycles. The highest BCUT2D eigenvalue weighted by molar-refractivity contribution is 7.92. The van der Waals surface area contributed by atoms with Gasteiger partial charge < -0.3 is 10.1 Å². The number of benzene rings is 2. The summed E-state index contributed by atoms with van der Waals surface area (Å²) >= 11 is 12.2. The van der Waals surface area contributed by atoms with Crippen LogP contribution >= 0.6 is 23.2 Å². The average molecular weight is 445 g/mol. The van der Waals surface area contributed by atoms with Gasteiger partial charge in [0.05, 0.1) is 27.2 Å². The number of esters is 1. The molecule has 0 aliphatic carbocycles. The van der Waals surface area contributed by atoms with Gasteiger partial charge in [0, 0.05) is 12.6 Å². The fourth-order valence-electron chi connectivity index (χ4n) is 2.35. The molecule has 0 saturated carbocycles. The van der Waals surface area contributed by atoms with Crippen LogP contribution in [0, 0.1) is 0 Å². The molecule has 0 saturated heterocycles. The van der Waals surface area contributed by atoms with Crippen LogP contribution in [0.15, 0.2) is 47.4 Å². The molecule has 0 unspecified atom stereocenters. The molecule has 0 aliphatic rings. The summed E-state index contributed by atoms with van der Waals surface area (Å²) in [6.07, 6.45) is 0. The monoisotopic (exact) mass is 444 g/mol. The van der Waals surface area contributed by atoms with Crippen molar-refractivity contribution in [2.45, 2.75) is 18.7 Å². The molecule has 2 aromatic rings. The standard InChI is InChI=1S/C18H18Cl2N2O5S/c1-3-27-17(24)11-22(16-6-4-5-15(19)18(16)20)28(25,26)14-9-7-13(8-10-14)21-12(2)23/h4-10H,3,11H2,1-2H3,(H,21,23). The number of amides is 1. The molecule has 0 aliphatic heterocycles. The van der Waals surface area contributed by atoms with Crippen molar-refractivity contribution in [1.82, 2.24) is 0 Å². The average Bonchev–Trinajstić information content (AvgIpc) is 2.62. The van der Waals surface area contributed by atoms with Gasteiger partial charge in [0.1, 0.15) is 6.54 Å². The molecule has 0 aromatic heterocycles. The third-order valence-corrected chi connectivity index (χ3v) is 6.12. The second kappa shape index (κ2) is 9.27. The smallest absolute Gasteiger partial charge is 0.326 e. The molecule has 2 aromatic carbocycles. The van der Waals surface area contributed by atoms with Gasteiger partial charge >= 0.3 is 5.97 Å². The van der Waals surface area contributed by atoms with Gasteiger partial charge in [0.15, 0.2) is 0 Å². The first-order valence-corrected chi connectivity index (χ1v) is 10.4. The molecule has 7 nitrogen and oxygen atoms in total. The minimum atomic E-state index is -4.18. The lowest BCUT2D eigenvalue weighted by Crippen LogP contribution is -2.36. The molecule has 0 bridgehead atoms. The number of hydrogen-bond acceptors (Lipinski definition) is 5. The van der Waals surface area contributed by atoms with E-state index in [1.54, 1.807) is 6.92 Å². The minimum absolute atomic E-state index is 0.00749. The number of nitrogens with one attached hydrogen (secondary N) is 1. The number of carbonyl (C=O) groups is 2. The van der Waals surface area contributed by atoms with E-state index in [1.165, 1.54) is 49.4 Å². The summed E-state index contributed by atoms with van der Waals surface area (Å²) in [6, 6.07) is 9.99. The zero-order valence-electron chi connectivity index (χ0n) is 15.1. The van der Waals surface area contributed by atoms with Gasteiger partial charge in [-0.05, 0) is 43.3 Å². The first-order chi connectivity index (χ1) is 13.2. The summed E-state index contributed by atoms with van der Waals surface area (Å²) in [6.45, 7) is 2.47. The maximum absolute atomic E-state index is 13.2. The van der Waals surface area contributed by atoms with E-state index in [1.807, 2.05) is 0 Å². The zero-order chi connectivity index (χ0) is 20.9. The SMILES string of the molecule is CCOC(=O)CN(c1cccc(Cl)c1Cl)S(=O)(=O)c1ccc(NC(C)=O)cc1. The van der Waals surface area contributed by atoms with Gasteiger partial charge in [-0.2, -0.15) is 0 Å². The van der Waals surface area contributed by atoms with E-state index < -0.39 is 22.5 Å².